The minimum atomic E-state index is -0.575. The largest absolute Gasteiger partial charge is 0.492 e. The lowest BCUT2D eigenvalue weighted by atomic mass is 9.78. The maximum atomic E-state index is 13.3. The molecule has 1 amide bonds. The van der Waals surface area contributed by atoms with E-state index in [0.717, 1.165) is 49.2 Å². The summed E-state index contributed by atoms with van der Waals surface area (Å²) in [6.07, 6.45) is 3.58. The van der Waals surface area contributed by atoms with Crippen LogP contribution >= 0.6 is 0 Å². The highest BCUT2D eigenvalue weighted by Crippen LogP contribution is 2.42. The summed E-state index contributed by atoms with van der Waals surface area (Å²) < 4.78 is 19.0. The zero-order valence-corrected chi connectivity index (χ0v) is 16.0. The van der Waals surface area contributed by atoms with Gasteiger partial charge in [0, 0.05) is 12.2 Å². The number of carbonyl (C=O) groups is 1. The Morgan fingerprint density at radius 3 is 2.30 bits per heavy atom. The molecule has 1 fully saturated rings. The minimum absolute atomic E-state index is 0.0205. The van der Waals surface area contributed by atoms with Gasteiger partial charge < -0.3 is 15.0 Å². The van der Waals surface area contributed by atoms with Gasteiger partial charge in [0.25, 0.3) is 0 Å². The summed E-state index contributed by atoms with van der Waals surface area (Å²) in [5.41, 5.74) is 1.06. The molecule has 1 aliphatic carbocycles. The van der Waals surface area contributed by atoms with Gasteiger partial charge in [-0.3, -0.25) is 4.79 Å². The van der Waals surface area contributed by atoms with E-state index in [0.29, 0.717) is 6.61 Å². The van der Waals surface area contributed by atoms with Gasteiger partial charge in [0.15, 0.2) is 0 Å². The van der Waals surface area contributed by atoms with E-state index >= 15 is 0 Å². The van der Waals surface area contributed by atoms with Crippen LogP contribution in [0.25, 0.3) is 0 Å². The molecule has 0 saturated heterocycles. The van der Waals surface area contributed by atoms with Crippen LogP contribution in [0.1, 0.15) is 31.2 Å². The van der Waals surface area contributed by atoms with Crippen LogP contribution in [-0.4, -0.2) is 38.1 Å². The van der Waals surface area contributed by atoms with Crippen molar-refractivity contribution in [1.82, 2.24) is 4.90 Å². The van der Waals surface area contributed by atoms with E-state index in [1.54, 1.807) is 12.1 Å². The van der Waals surface area contributed by atoms with E-state index < -0.39 is 5.41 Å². The molecule has 0 atom stereocenters. The first-order chi connectivity index (χ1) is 13.0. The molecule has 2 aromatic carbocycles. The molecule has 27 heavy (non-hydrogen) atoms. The summed E-state index contributed by atoms with van der Waals surface area (Å²) >= 11 is 0. The highest BCUT2D eigenvalue weighted by molar-refractivity contribution is 5.99. The maximum Gasteiger partial charge on any atom is 0.235 e. The number of amides is 1. The summed E-state index contributed by atoms with van der Waals surface area (Å²) in [5, 5.41) is 3.04. The van der Waals surface area contributed by atoms with Crippen LogP contribution in [0.2, 0.25) is 0 Å². The fourth-order valence-corrected chi connectivity index (χ4v) is 3.63. The van der Waals surface area contributed by atoms with Gasteiger partial charge >= 0.3 is 0 Å². The molecule has 0 unspecified atom stereocenters. The Hall–Kier alpha value is -2.40. The maximum absolute atomic E-state index is 13.3. The zero-order valence-electron chi connectivity index (χ0n) is 16.0. The SMILES string of the molecule is CN(C)CCOc1ccc(NC(=O)C2(c3ccc(F)cc3)CCCC2)cc1. The molecular formula is C22H27FN2O2. The number of rotatable bonds is 7. The second-order valence-corrected chi connectivity index (χ2v) is 7.43. The van der Waals surface area contributed by atoms with Crippen LogP contribution in [-0.2, 0) is 10.2 Å². The third-order valence-corrected chi connectivity index (χ3v) is 5.21. The molecule has 4 nitrogen and oxygen atoms in total. The van der Waals surface area contributed by atoms with Crippen molar-refractivity contribution < 1.29 is 13.9 Å². The Kier molecular flexibility index (Phi) is 6.11. The summed E-state index contributed by atoms with van der Waals surface area (Å²) in [6, 6.07) is 13.8. The summed E-state index contributed by atoms with van der Waals surface area (Å²) in [7, 11) is 4.00. The number of likely N-dealkylation sites (N-methyl/N-ethyl adjacent to an activating group) is 1. The fourth-order valence-electron chi connectivity index (χ4n) is 3.63. The van der Waals surface area contributed by atoms with Crippen molar-refractivity contribution in [3.63, 3.8) is 0 Å². The smallest absolute Gasteiger partial charge is 0.235 e. The van der Waals surface area contributed by atoms with E-state index in [2.05, 4.69) is 10.2 Å². The first kappa shape index (κ1) is 19.4. The van der Waals surface area contributed by atoms with Crippen LogP contribution in [0.4, 0.5) is 10.1 Å². The number of anilines is 1. The monoisotopic (exact) mass is 370 g/mol. The average Bonchev–Trinajstić information content (AvgIpc) is 3.14. The fraction of sp³-hybridized carbons (Fsp3) is 0.409. The van der Waals surface area contributed by atoms with Crippen molar-refractivity contribution in [2.75, 3.05) is 32.6 Å². The molecule has 1 N–H and O–H groups in total. The van der Waals surface area contributed by atoms with Crippen molar-refractivity contribution in [2.24, 2.45) is 0 Å². The second-order valence-electron chi connectivity index (χ2n) is 7.43. The Bertz CT molecular complexity index is 751. The zero-order chi connectivity index (χ0) is 19.3. The third-order valence-electron chi connectivity index (χ3n) is 5.21. The predicted molar refractivity (Wildman–Crippen MR) is 106 cm³/mol. The van der Waals surface area contributed by atoms with Gasteiger partial charge in [-0.15, -0.1) is 0 Å². The van der Waals surface area contributed by atoms with Gasteiger partial charge in [-0.1, -0.05) is 25.0 Å². The molecule has 5 heteroatoms. The van der Waals surface area contributed by atoms with Crippen molar-refractivity contribution in [3.8, 4) is 5.75 Å². The summed E-state index contributed by atoms with van der Waals surface area (Å²) in [4.78, 5) is 15.2. The topological polar surface area (TPSA) is 41.6 Å². The van der Waals surface area contributed by atoms with Crippen LogP contribution < -0.4 is 10.1 Å². The molecule has 3 rings (SSSR count). The van der Waals surface area contributed by atoms with Crippen LogP contribution in [0.5, 0.6) is 5.75 Å². The van der Waals surface area contributed by atoms with Crippen molar-refractivity contribution >= 4 is 11.6 Å². The molecule has 1 saturated carbocycles. The molecular weight excluding hydrogens is 343 g/mol. The normalized spacial score (nSPS) is 15.7. The van der Waals surface area contributed by atoms with Gasteiger partial charge in [0.1, 0.15) is 18.2 Å². The predicted octanol–water partition coefficient (Wildman–Crippen LogP) is 4.22. The van der Waals surface area contributed by atoms with E-state index in [4.69, 9.17) is 4.74 Å². The Morgan fingerprint density at radius 2 is 1.70 bits per heavy atom. The first-order valence-electron chi connectivity index (χ1n) is 9.45. The highest BCUT2D eigenvalue weighted by Gasteiger charge is 2.42. The van der Waals surface area contributed by atoms with Gasteiger partial charge in [-0.05, 0) is 68.9 Å². The molecule has 0 aromatic heterocycles. The standard InChI is InChI=1S/C22H27FN2O2/c1-25(2)15-16-27-20-11-9-19(10-12-20)24-21(26)22(13-3-4-14-22)17-5-7-18(23)8-6-17/h5-12H,3-4,13-16H2,1-2H3,(H,24,26). The van der Waals surface area contributed by atoms with Crippen molar-refractivity contribution in [2.45, 2.75) is 31.1 Å². The lowest BCUT2D eigenvalue weighted by Gasteiger charge is -2.28. The molecule has 1 aliphatic rings. The first-order valence-corrected chi connectivity index (χ1v) is 9.45. The Labute approximate surface area is 160 Å². The van der Waals surface area contributed by atoms with Gasteiger partial charge in [-0.2, -0.15) is 0 Å². The number of hydrogen-bond donors (Lipinski definition) is 1. The number of ether oxygens (including phenoxy) is 1. The van der Waals surface area contributed by atoms with Crippen LogP contribution in [0.15, 0.2) is 48.5 Å². The number of halogens is 1. The van der Waals surface area contributed by atoms with E-state index in [1.165, 1.54) is 12.1 Å². The number of hydrogen-bond acceptors (Lipinski definition) is 3. The Morgan fingerprint density at radius 1 is 1.07 bits per heavy atom. The van der Waals surface area contributed by atoms with Crippen LogP contribution in [0, 0.1) is 5.82 Å². The Balaban J connectivity index is 1.68. The summed E-state index contributed by atoms with van der Waals surface area (Å²) in [6.45, 7) is 1.46. The van der Waals surface area contributed by atoms with Gasteiger partial charge in [0.2, 0.25) is 5.91 Å². The van der Waals surface area contributed by atoms with Crippen molar-refractivity contribution in [1.29, 1.82) is 0 Å². The molecule has 0 aliphatic heterocycles. The second kappa shape index (κ2) is 8.53. The van der Waals surface area contributed by atoms with Gasteiger partial charge in [-0.25, -0.2) is 4.39 Å². The van der Waals surface area contributed by atoms with E-state index in [-0.39, 0.29) is 11.7 Å². The van der Waals surface area contributed by atoms with E-state index in [9.17, 15) is 9.18 Å². The molecule has 0 bridgehead atoms. The van der Waals surface area contributed by atoms with Crippen LogP contribution in [0.3, 0.4) is 0 Å². The summed E-state index contributed by atoms with van der Waals surface area (Å²) in [5.74, 6) is 0.481. The lowest BCUT2D eigenvalue weighted by Crippen LogP contribution is -2.38. The molecule has 0 radical (unpaired) electrons. The quantitative estimate of drug-likeness (QED) is 0.794. The van der Waals surface area contributed by atoms with Gasteiger partial charge in [0.05, 0.1) is 5.41 Å². The average molecular weight is 370 g/mol. The number of benzene rings is 2. The molecule has 2 aromatic rings. The van der Waals surface area contributed by atoms with E-state index in [1.807, 2.05) is 38.4 Å². The van der Waals surface area contributed by atoms with Crippen molar-refractivity contribution in [3.05, 3.63) is 59.9 Å². The minimum Gasteiger partial charge on any atom is -0.492 e. The molecule has 0 heterocycles. The lowest BCUT2D eigenvalue weighted by molar-refractivity contribution is -0.121. The molecule has 144 valence electrons. The third kappa shape index (κ3) is 4.66. The number of nitrogens with one attached hydrogen (secondary N) is 1. The number of nitrogens with zero attached hydrogens (tertiary/aromatic N) is 1. The highest BCUT2D eigenvalue weighted by atomic mass is 19.1. The molecule has 0 spiro atoms. The number of carbonyl (C=O) groups excluding carboxylic acids is 1.